The van der Waals surface area contributed by atoms with Crippen LogP contribution in [0.4, 0.5) is 11.6 Å². The molecule has 0 N–H and O–H groups in total. The quantitative estimate of drug-likeness (QED) is 0.679. The highest BCUT2D eigenvalue weighted by molar-refractivity contribution is 8.00. The van der Waals surface area contributed by atoms with Crippen molar-refractivity contribution in [3.05, 3.63) is 30.3 Å². The Labute approximate surface area is 164 Å². The largest absolute Gasteiger partial charge is 0.378 e. The summed E-state index contributed by atoms with van der Waals surface area (Å²) in [5, 5.41) is 9.28. The van der Waals surface area contributed by atoms with Crippen LogP contribution in [0.2, 0.25) is 0 Å². The molecule has 1 aromatic carbocycles. The number of carbonyl (C=O) groups is 1. The van der Waals surface area contributed by atoms with E-state index in [2.05, 4.69) is 26.6 Å². The van der Waals surface area contributed by atoms with Crippen LogP contribution in [0, 0.1) is 0 Å². The topological polar surface area (TPSA) is 63.5 Å². The van der Waals surface area contributed by atoms with E-state index < -0.39 is 0 Å². The Bertz CT molecular complexity index is 746. The molecule has 0 spiro atoms. The summed E-state index contributed by atoms with van der Waals surface area (Å²) in [6, 6.07) is 9.78. The Morgan fingerprint density at radius 2 is 1.93 bits per heavy atom. The molecule has 0 radical (unpaired) electrons. The first-order valence-corrected chi connectivity index (χ1v) is 10.3. The van der Waals surface area contributed by atoms with Crippen LogP contribution in [-0.4, -0.2) is 58.8 Å². The Morgan fingerprint density at radius 3 is 2.56 bits per heavy atom. The molecular weight excluding hydrogens is 362 g/mol. The number of amides is 1. The summed E-state index contributed by atoms with van der Waals surface area (Å²) < 4.78 is 7.51. The number of benzene rings is 1. The van der Waals surface area contributed by atoms with Gasteiger partial charge in [0.2, 0.25) is 11.9 Å². The van der Waals surface area contributed by atoms with Gasteiger partial charge < -0.3 is 14.5 Å². The predicted octanol–water partition coefficient (Wildman–Crippen LogP) is 2.67. The molecule has 3 rings (SSSR count). The highest BCUT2D eigenvalue weighted by Gasteiger charge is 2.26. The van der Waals surface area contributed by atoms with E-state index in [1.54, 1.807) is 0 Å². The van der Waals surface area contributed by atoms with Crippen LogP contribution >= 0.6 is 11.8 Å². The molecule has 0 bridgehead atoms. The van der Waals surface area contributed by atoms with Gasteiger partial charge in [-0.1, -0.05) is 30.0 Å². The summed E-state index contributed by atoms with van der Waals surface area (Å²) in [6.07, 6.45) is 0. The number of rotatable bonds is 7. The lowest BCUT2D eigenvalue weighted by Crippen LogP contribution is -2.38. The number of thioether (sulfide) groups is 1. The maximum absolute atomic E-state index is 13.0. The number of hydrogen-bond donors (Lipinski definition) is 0. The Balaban J connectivity index is 1.74. The molecular formula is C19H27N5O2S. The van der Waals surface area contributed by atoms with Crippen LogP contribution in [0.3, 0.4) is 0 Å². The van der Waals surface area contributed by atoms with Crippen molar-refractivity contribution in [3.63, 3.8) is 0 Å². The van der Waals surface area contributed by atoms with E-state index in [9.17, 15) is 4.79 Å². The third-order valence-electron chi connectivity index (χ3n) is 4.59. The average molecular weight is 390 g/mol. The summed E-state index contributed by atoms with van der Waals surface area (Å²) in [5.74, 6) is 0.936. The fourth-order valence-electron chi connectivity index (χ4n) is 3.14. The first-order chi connectivity index (χ1) is 13.2. The number of nitrogens with zero attached hydrogens (tertiary/aromatic N) is 5. The first-order valence-electron chi connectivity index (χ1n) is 9.44. The van der Waals surface area contributed by atoms with Crippen LogP contribution in [0.5, 0.6) is 0 Å². The summed E-state index contributed by atoms with van der Waals surface area (Å²) in [4.78, 5) is 17.0. The summed E-state index contributed by atoms with van der Waals surface area (Å²) in [5.41, 5.74) is 0.920. The van der Waals surface area contributed by atoms with E-state index in [1.807, 2.05) is 49.1 Å². The molecule has 1 aromatic heterocycles. The maximum atomic E-state index is 13.0. The van der Waals surface area contributed by atoms with E-state index in [4.69, 9.17) is 4.74 Å². The molecule has 7 nitrogen and oxygen atoms in total. The van der Waals surface area contributed by atoms with Crippen molar-refractivity contribution in [2.24, 2.45) is 0 Å². The second-order valence-corrected chi connectivity index (χ2v) is 7.61. The van der Waals surface area contributed by atoms with Gasteiger partial charge in [-0.05, 0) is 32.9 Å². The number of morpholine rings is 1. The number of aromatic nitrogens is 3. The zero-order valence-corrected chi connectivity index (χ0v) is 17.0. The van der Waals surface area contributed by atoms with Gasteiger partial charge in [-0.15, -0.1) is 10.2 Å². The van der Waals surface area contributed by atoms with Crippen LogP contribution < -0.4 is 9.80 Å². The zero-order valence-electron chi connectivity index (χ0n) is 16.2. The van der Waals surface area contributed by atoms with E-state index in [1.165, 1.54) is 11.8 Å². The standard InChI is InChI=1S/C19H27N5O2S/c1-4-23(16-9-7-6-8-10-16)17(25)15(3)27-19-21-20-18(24(19)5-2)22-11-13-26-14-12-22/h6-10,15H,4-5,11-14H2,1-3H3. The van der Waals surface area contributed by atoms with Gasteiger partial charge in [0.05, 0.1) is 18.5 Å². The van der Waals surface area contributed by atoms with Gasteiger partial charge in [0, 0.05) is 31.9 Å². The van der Waals surface area contributed by atoms with Crippen molar-refractivity contribution < 1.29 is 9.53 Å². The van der Waals surface area contributed by atoms with E-state index in [0.717, 1.165) is 36.4 Å². The van der Waals surface area contributed by atoms with Crippen molar-refractivity contribution in [2.45, 2.75) is 37.7 Å². The molecule has 2 aromatic rings. The average Bonchev–Trinajstić information content (AvgIpc) is 3.12. The SMILES string of the molecule is CCN(C(=O)C(C)Sc1nnc(N2CCOCC2)n1CC)c1ccccc1. The van der Waals surface area contributed by atoms with Crippen LogP contribution in [0.25, 0.3) is 0 Å². The summed E-state index contributed by atoms with van der Waals surface area (Å²) >= 11 is 1.47. The number of para-hydroxylation sites is 1. The van der Waals surface area contributed by atoms with Crippen LogP contribution in [0.1, 0.15) is 20.8 Å². The molecule has 2 heterocycles. The lowest BCUT2D eigenvalue weighted by atomic mass is 10.2. The molecule has 146 valence electrons. The first kappa shape index (κ1) is 19.7. The highest BCUT2D eigenvalue weighted by atomic mass is 32.2. The molecule has 1 amide bonds. The minimum atomic E-state index is -0.253. The van der Waals surface area contributed by atoms with Crippen molar-refractivity contribution in [2.75, 3.05) is 42.6 Å². The minimum absolute atomic E-state index is 0.0762. The molecule has 8 heteroatoms. The smallest absolute Gasteiger partial charge is 0.240 e. The van der Waals surface area contributed by atoms with Crippen molar-refractivity contribution in [1.82, 2.24) is 14.8 Å². The van der Waals surface area contributed by atoms with Crippen molar-refractivity contribution in [3.8, 4) is 0 Å². The maximum Gasteiger partial charge on any atom is 0.240 e. The molecule has 1 aliphatic rings. The van der Waals surface area contributed by atoms with Gasteiger partial charge in [0.1, 0.15) is 0 Å². The van der Waals surface area contributed by atoms with Crippen LogP contribution in [0.15, 0.2) is 35.5 Å². The monoisotopic (exact) mass is 389 g/mol. The second kappa shape index (κ2) is 9.23. The highest BCUT2D eigenvalue weighted by Crippen LogP contribution is 2.28. The van der Waals surface area contributed by atoms with E-state index in [-0.39, 0.29) is 11.2 Å². The fraction of sp³-hybridized carbons (Fsp3) is 0.526. The van der Waals surface area contributed by atoms with Gasteiger partial charge in [-0.25, -0.2) is 0 Å². The molecule has 1 fully saturated rings. The molecule has 27 heavy (non-hydrogen) atoms. The lowest BCUT2D eigenvalue weighted by Gasteiger charge is -2.28. The minimum Gasteiger partial charge on any atom is -0.378 e. The molecule has 0 saturated carbocycles. The summed E-state index contributed by atoms with van der Waals surface area (Å²) in [7, 11) is 0. The number of ether oxygens (including phenoxy) is 1. The normalized spacial score (nSPS) is 15.6. The van der Waals surface area contributed by atoms with E-state index in [0.29, 0.717) is 19.8 Å². The van der Waals surface area contributed by atoms with Gasteiger partial charge in [-0.3, -0.25) is 9.36 Å². The van der Waals surface area contributed by atoms with Gasteiger partial charge in [0.15, 0.2) is 5.16 Å². The predicted molar refractivity (Wildman–Crippen MR) is 109 cm³/mol. The Morgan fingerprint density at radius 1 is 1.22 bits per heavy atom. The number of carbonyl (C=O) groups excluding carboxylic acids is 1. The van der Waals surface area contributed by atoms with Gasteiger partial charge in [-0.2, -0.15) is 0 Å². The zero-order chi connectivity index (χ0) is 19.2. The number of anilines is 2. The third-order valence-corrected chi connectivity index (χ3v) is 5.66. The van der Waals surface area contributed by atoms with Crippen molar-refractivity contribution in [1.29, 1.82) is 0 Å². The lowest BCUT2D eigenvalue weighted by molar-refractivity contribution is -0.117. The second-order valence-electron chi connectivity index (χ2n) is 6.30. The third kappa shape index (κ3) is 4.44. The summed E-state index contributed by atoms with van der Waals surface area (Å²) in [6.45, 7) is 10.4. The fourth-order valence-corrected chi connectivity index (χ4v) is 4.11. The van der Waals surface area contributed by atoms with Crippen molar-refractivity contribution >= 4 is 29.3 Å². The molecule has 1 unspecified atom stereocenters. The van der Waals surface area contributed by atoms with E-state index >= 15 is 0 Å². The molecule has 0 aliphatic carbocycles. The van der Waals surface area contributed by atoms with Gasteiger partial charge >= 0.3 is 0 Å². The van der Waals surface area contributed by atoms with Gasteiger partial charge in [0.25, 0.3) is 0 Å². The molecule has 1 saturated heterocycles. The van der Waals surface area contributed by atoms with Crippen LogP contribution in [-0.2, 0) is 16.1 Å². The molecule has 1 atom stereocenters. The Kier molecular flexibility index (Phi) is 6.73. The number of hydrogen-bond acceptors (Lipinski definition) is 6. The Hall–Kier alpha value is -2.06. The molecule has 1 aliphatic heterocycles.